The molecule has 0 saturated carbocycles. The standard InChI is InChI=1S/C22H21ClN4O4/c23-17-5-3-15(4-6-17)13-25-21(29)18-12-16-2-1-7-24-20(16)27(22(18)30)14-19(28)26-8-10-31-11-9-26/h1-7,12H,8-11,13-14H2,(H,25,29). The fraction of sp³-hybridized carbons (Fsp3) is 0.273. The molecule has 9 heteroatoms. The number of rotatable bonds is 5. The number of amides is 2. The van der Waals surface area contributed by atoms with Crippen LogP contribution in [0.1, 0.15) is 15.9 Å². The third-order valence-electron chi connectivity index (χ3n) is 5.12. The Kier molecular flexibility index (Phi) is 6.29. The minimum atomic E-state index is -0.554. The number of carbonyl (C=O) groups excluding carboxylic acids is 2. The fourth-order valence-electron chi connectivity index (χ4n) is 3.44. The molecular weight excluding hydrogens is 420 g/mol. The molecule has 3 aromatic rings. The summed E-state index contributed by atoms with van der Waals surface area (Å²) in [5, 5.41) is 3.96. The first-order valence-electron chi connectivity index (χ1n) is 9.89. The van der Waals surface area contributed by atoms with Crippen LogP contribution in [0.25, 0.3) is 11.0 Å². The van der Waals surface area contributed by atoms with Crippen molar-refractivity contribution in [3.05, 3.63) is 75.2 Å². The van der Waals surface area contributed by atoms with Gasteiger partial charge in [0.15, 0.2) is 0 Å². The molecule has 8 nitrogen and oxygen atoms in total. The fourth-order valence-corrected chi connectivity index (χ4v) is 3.57. The van der Waals surface area contributed by atoms with E-state index in [2.05, 4.69) is 10.3 Å². The lowest BCUT2D eigenvalue weighted by Crippen LogP contribution is -2.44. The lowest BCUT2D eigenvalue weighted by Gasteiger charge is -2.27. The normalized spacial score (nSPS) is 13.9. The van der Waals surface area contributed by atoms with Gasteiger partial charge in [-0.05, 0) is 35.9 Å². The van der Waals surface area contributed by atoms with Gasteiger partial charge in [0.25, 0.3) is 11.5 Å². The topological polar surface area (TPSA) is 93.5 Å². The van der Waals surface area contributed by atoms with Gasteiger partial charge in [0.05, 0.1) is 13.2 Å². The number of aromatic nitrogens is 2. The Morgan fingerprint density at radius 3 is 2.61 bits per heavy atom. The zero-order valence-corrected chi connectivity index (χ0v) is 17.5. The van der Waals surface area contributed by atoms with Gasteiger partial charge >= 0.3 is 0 Å². The molecule has 1 saturated heterocycles. The van der Waals surface area contributed by atoms with E-state index < -0.39 is 11.5 Å². The van der Waals surface area contributed by atoms with Crippen LogP contribution in [0.5, 0.6) is 0 Å². The Balaban J connectivity index is 1.62. The molecule has 0 bridgehead atoms. The SMILES string of the molecule is O=C(NCc1ccc(Cl)cc1)c1cc2cccnc2n(CC(=O)N2CCOCC2)c1=O. The number of fused-ring (bicyclic) bond motifs is 1. The lowest BCUT2D eigenvalue weighted by atomic mass is 10.1. The minimum Gasteiger partial charge on any atom is -0.378 e. The molecule has 4 rings (SSSR count). The molecule has 2 amide bonds. The predicted molar refractivity (Wildman–Crippen MR) is 116 cm³/mol. The first kappa shape index (κ1) is 21.0. The molecule has 31 heavy (non-hydrogen) atoms. The number of benzene rings is 1. The van der Waals surface area contributed by atoms with Crippen LogP contribution in [0.4, 0.5) is 0 Å². The van der Waals surface area contributed by atoms with Gasteiger partial charge in [-0.3, -0.25) is 19.0 Å². The highest BCUT2D eigenvalue weighted by Crippen LogP contribution is 2.13. The van der Waals surface area contributed by atoms with Crippen molar-refractivity contribution in [3.8, 4) is 0 Å². The second kappa shape index (κ2) is 9.28. The largest absolute Gasteiger partial charge is 0.378 e. The van der Waals surface area contributed by atoms with Crippen molar-refractivity contribution in [1.82, 2.24) is 19.8 Å². The van der Waals surface area contributed by atoms with Gasteiger partial charge in [0.1, 0.15) is 17.8 Å². The average molecular weight is 441 g/mol. The molecule has 1 aromatic carbocycles. The van der Waals surface area contributed by atoms with Gasteiger partial charge in [0, 0.05) is 36.2 Å². The number of ether oxygens (including phenoxy) is 1. The zero-order chi connectivity index (χ0) is 21.8. The lowest BCUT2D eigenvalue weighted by molar-refractivity contribution is -0.135. The highest BCUT2D eigenvalue weighted by molar-refractivity contribution is 6.30. The van der Waals surface area contributed by atoms with Gasteiger partial charge in [-0.1, -0.05) is 23.7 Å². The second-order valence-electron chi connectivity index (χ2n) is 7.17. The van der Waals surface area contributed by atoms with Crippen molar-refractivity contribution in [3.63, 3.8) is 0 Å². The van der Waals surface area contributed by atoms with Gasteiger partial charge in [-0.2, -0.15) is 0 Å². The van der Waals surface area contributed by atoms with E-state index in [9.17, 15) is 14.4 Å². The highest BCUT2D eigenvalue weighted by atomic mass is 35.5. The minimum absolute atomic E-state index is 0.0377. The maximum absolute atomic E-state index is 13.1. The molecule has 0 radical (unpaired) electrons. The number of hydrogen-bond acceptors (Lipinski definition) is 5. The number of morpholine rings is 1. The summed E-state index contributed by atoms with van der Waals surface area (Å²) in [6.07, 6.45) is 1.55. The van der Waals surface area contributed by atoms with E-state index in [-0.39, 0.29) is 24.6 Å². The summed E-state index contributed by atoms with van der Waals surface area (Å²) in [6, 6.07) is 12.0. The number of nitrogens with zero attached hydrogens (tertiary/aromatic N) is 3. The third kappa shape index (κ3) is 4.76. The van der Waals surface area contributed by atoms with E-state index in [1.807, 2.05) is 0 Å². The molecule has 0 unspecified atom stereocenters. The molecule has 1 aliphatic heterocycles. The quantitative estimate of drug-likeness (QED) is 0.653. The van der Waals surface area contributed by atoms with Gasteiger partial charge in [0.2, 0.25) is 5.91 Å². The van der Waals surface area contributed by atoms with Gasteiger partial charge < -0.3 is 15.0 Å². The summed E-state index contributed by atoms with van der Waals surface area (Å²) in [5.41, 5.74) is 0.622. The summed E-state index contributed by atoms with van der Waals surface area (Å²) in [7, 11) is 0. The number of pyridine rings is 2. The van der Waals surface area contributed by atoms with Crippen molar-refractivity contribution in [2.75, 3.05) is 26.3 Å². The van der Waals surface area contributed by atoms with Crippen LogP contribution in [0.2, 0.25) is 5.02 Å². The first-order valence-corrected chi connectivity index (χ1v) is 10.3. The first-order chi connectivity index (χ1) is 15.0. The average Bonchev–Trinajstić information content (AvgIpc) is 2.80. The predicted octanol–water partition coefficient (Wildman–Crippen LogP) is 1.84. The summed E-state index contributed by atoms with van der Waals surface area (Å²) in [4.78, 5) is 44.6. The van der Waals surface area contributed by atoms with Crippen molar-refractivity contribution < 1.29 is 14.3 Å². The molecule has 2 aromatic heterocycles. The zero-order valence-electron chi connectivity index (χ0n) is 16.7. The monoisotopic (exact) mass is 440 g/mol. The Labute approximate surface area is 183 Å². The molecule has 1 N–H and O–H groups in total. The number of halogens is 1. The maximum atomic E-state index is 13.1. The number of hydrogen-bond donors (Lipinski definition) is 1. The Bertz CT molecular complexity index is 1170. The van der Waals surface area contributed by atoms with Crippen LogP contribution in [-0.2, 0) is 22.6 Å². The molecule has 1 aliphatic rings. The Morgan fingerprint density at radius 2 is 1.87 bits per heavy atom. The van der Waals surface area contributed by atoms with E-state index in [1.54, 1.807) is 47.5 Å². The summed E-state index contributed by atoms with van der Waals surface area (Å²) in [5.74, 6) is -0.727. The van der Waals surface area contributed by atoms with Crippen LogP contribution < -0.4 is 10.9 Å². The van der Waals surface area contributed by atoms with E-state index in [4.69, 9.17) is 16.3 Å². The van der Waals surface area contributed by atoms with Crippen molar-refractivity contribution in [2.45, 2.75) is 13.1 Å². The highest BCUT2D eigenvalue weighted by Gasteiger charge is 2.21. The van der Waals surface area contributed by atoms with Gasteiger partial charge in [-0.15, -0.1) is 0 Å². The summed E-state index contributed by atoms with van der Waals surface area (Å²) in [6.45, 7) is 1.93. The van der Waals surface area contributed by atoms with E-state index in [0.717, 1.165) is 5.56 Å². The van der Waals surface area contributed by atoms with E-state index in [0.29, 0.717) is 42.4 Å². The van der Waals surface area contributed by atoms with Crippen LogP contribution >= 0.6 is 11.6 Å². The molecule has 3 heterocycles. The van der Waals surface area contributed by atoms with Crippen LogP contribution in [0, 0.1) is 0 Å². The Hall–Kier alpha value is -3.23. The third-order valence-corrected chi connectivity index (χ3v) is 5.37. The number of nitrogens with one attached hydrogen (secondary N) is 1. The molecule has 0 atom stereocenters. The van der Waals surface area contributed by atoms with Crippen molar-refractivity contribution in [2.24, 2.45) is 0 Å². The van der Waals surface area contributed by atoms with Crippen molar-refractivity contribution >= 4 is 34.4 Å². The molecular formula is C22H21ClN4O4. The maximum Gasteiger partial charge on any atom is 0.265 e. The van der Waals surface area contributed by atoms with Crippen molar-refractivity contribution in [1.29, 1.82) is 0 Å². The van der Waals surface area contributed by atoms with Crippen LogP contribution in [0.3, 0.4) is 0 Å². The molecule has 0 spiro atoms. The van der Waals surface area contributed by atoms with E-state index in [1.165, 1.54) is 10.6 Å². The Morgan fingerprint density at radius 1 is 1.13 bits per heavy atom. The second-order valence-corrected chi connectivity index (χ2v) is 7.60. The molecule has 160 valence electrons. The molecule has 0 aliphatic carbocycles. The summed E-state index contributed by atoms with van der Waals surface area (Å²) >= 11 is 5.89. The van der Waals surface area contributed by atoms with Gasteiger partial charge in [-0.25, -0.2) is 4.98 Å². The number of carbonyl (C=O) groups is 2. The molecule has 1 fully saturated rings. The van der Waals surface area contributed by atoms with Crippen LogP contribution in [-0.4, -0.2) is 52.6 Å². The summed E-state index contributed by atoms with van der Waals surface area (Å²) < 4.78 is 6.55. The van der Waals surface area contributed by atoms with Crippen LogP contribution in [0.15, 0.2) is 53.5 Å². The smallest absolute Gasteiger partial charge is 0.265 e. The van der Waals surface area contributed by atoms with E-state index >= 15 is 0 Å².